The van der Waals surface area contributed by atoms with Crippen LogP contribution in [0.1, 0.15) is 24.2 Å². The number of aromatic nitrogens is 4. The summed E-state index contributed by atoms with van der Waals surface area (Å²) in [7, 11) is 0. The number of tetrazole rings is 1. The van der Waals surface area contributed by atoms with Crippen molar-refractivity contribution < 1.29 is 4.39 Å². The van der Waals surface area contributed by atoms with E-state index in [2.05, 4.69) is 15.5 Å². The Morgan fingerprint density at radius 2 is 2.16 bits per heavy atom. The molecular weight excluding hydrogens is 269 g/mol. The Labute approximate surface area is 115 Å². The largest absolute Gasteiger partial charge is 0.330 e. The van der Waals surface area contributed by atoms with Gasteiger partial charge in [0.1, 0.15) is 5.82 Å². The fourth-order valence-corrected chi connectivity index (χ4v) is 1.98. The van der Waals surface area contributed by atoms with E-state index >= 15 is 0 Å². The van der Waals surface area contributed by atoms with Crippen LogP contribution in [0.4, 0.5) is 4.39 Å². The van der Waals surface area contributed by atoms with Gasteiger partial charge in [0, 0.05) is 13.0 Å². The van der Waals surface area contributed by atoms with Crippen LogP contribution in [0.5, 0.6) is 0 Å². The van der Waals surface area contributed by atoms with Gasteiger partial charge in [-0.05, 0) is 41.4 Å². The van der Waals surface area contributed by atoms with Crippen molar-refractivity contribution in [3.05, 3.63) is 40.4 Å². The van der Waals surface area contributed by atoms with Gasteiger partial charge < -0.3 is 5.73 Å². The third-order valence-corrected chi connectivity index (χ3v) is 3.10. The Morgan fingerprint density at radius 1 is 1.32 bits per heavy atom. The quantitative estimate of drug-likeness (QED) is 0.821. The maximum atomic E-state index is 13.8. The molecule has 2 N–H and O–H groups in total. The van der Waals surface area contributed by atoms with E-state index in [1.807, 2.05) is 0 Å². The summed E-state index contributed by atoms with van der Waals surface area (Å²) < 4.78 is 15.5. The molecule has 2 aromatic rings. The Bertz CT molecular complexity index is 543. The lowest BCUT2D eigenvalue weighted by atomic mass is 10.1. The van der Waals surface area contributed by atoms with Gasteiger partial charge in [0.05, 0.1) is 5.02 Å². The first-order valence-electron chi connectivity index (χ1n) is 6.10. The van der Waals surface area contributed by atoms with Crippen LogP contribution in [0.25, 0.3) is 0 Å². The van der Waals surface area contributed by atoms with Gasteiger partial charge in [-0.3, -0.25) is 0 Å². The van der Waals surface area contributed by atoms with Gasteiger partial charge in [0.25, 0.3) is 0 Å². The van der Waals surface area contributed by atoms with Crippen molar-refractivity contribution in [3.63, 3.8) is 0 Å². The standard InChI is InChI=1S/C12H15ClFN5/c13-10-5-3-4-9(12(10)14)8-11-16-17-18-19(11)7-2-1-6-15/h3-5H,1-2,6-8,15H2. The van der Waals surface area contributed by atoms with Crippen molar-refractivity contribution in [1.82, 2.24) is 20.2 Å². The molecule has 1 aromatic heterocycles. The molecule has 0 saturated heterocycles. The summed E-state index contributed by atoms with van der Waals surface area (Å²) in [6, 6.07) is 4.91. The van der Waals surface area contributed by atoms with E-state index in [0.717, 1.165) is 12.8 Å². The summed E-state index contributed by atoms with van der Waals surface area (Å²) in [6.07, 6.45) is 2.12. The first-order valence-corrected chi connectivity index (χ1v) is 6.48. The first-order chi connectivity index (χ1) is 9.22. The number of benzene rings is 1. The summed E-state index contributed by atoms with van der Waals surface area (Å²) in [5.41, 5.74) is 5.93. The zero-order valence-electron chi connectivity index (χ0n) is 10.4. The minimum Gasteiger partial charge on any atom is -0.330 e. The van der Waals surface area contributed by atoms with Crippen LogP contribution in [0, 0.1) is 5.82 Å². The summed E-state index contributed by atoms with van der Waals surface area (Å²) in [5.74, 6) is 0.207. The molecule has 0 aliphatic heterocycles. The van der Waals surface area contributed by atoms with Gasteiger partial charge in [-0.2, -0.15) is 0 Å². The highest BCUT2D eigenvalue weighted by Crippen LogP contribution is 2.19. The van der Waals surface area contributed by atoms with E-state index in [0.29, 0.717) is 30.9 Å². The molecule has 0 fully saturated rings. The molecule has 0 saturated carbocycles. The van der Waals surface area contributed by atoms with Crippen LogP contribution in [-0.2, 0) is 13.0 Å². The van der Waals surface area contributed by atoms with Crippen molar-refractivity contribution >= 4 is 11.6 Å². The maximum absolute atomic E-state index is 13.8. The molecule has 5 nitrogen and oxygen atoms in total. The van der Waals surface area contributed by atoms with Crippen LogP contribution in [0.3, 0.4) is 0 Å². The highest BCUT2D eigenvalue weighted by atomic mass is 35.5. The lowest BCUT2D eigenvalue weighted by Crippen LogP contribution is -2.09. The molecule has 0 spiro atoms. The van der Waals surface area contributed by atoms with Gasteiger partial charge in [-0.1, -0.05) is 23.7 Å². The average Bonchev–Trinajstić information content (AvgIpc) is 2.83. The van der Waals surface area contributed by atoms with E-state index in [1.165, 1.54) is 6.07 Å². The molecule has 0 aliphatic rings. The smallest absolute Gasteiger partial charge is 0.155 e. The average molecular weight is 284 g/mol. The van der Waals surface area contributed by atoms with Crippen molar-refractivity contribution in [2.75, 3.05) is 6.54 Å². The van der Waals surface area contributed by atoms with Crippen molar-refractivity contribution in [3.8, 4) is 0 Å². The fraction of sp³-hybridized carbons (Fsp3) is 0.417. The molecule has 0 amide bonds. The second-order valence-electron chi connectivity index (χ2n) is 4.20. The zero-order valence-corrected chi connectivity index (χ0v) is 11.1. The predicted molar refractivity (Wildman–Crippen MR) is 70.3 cm³/mol. The molecular formula is C12H15ClFN5. The van der Waals surface area contributed by atoms with Gasteiger partial charge in [0.15, 0.2) is 5.82 Å². The molecule has 0 radical (unpaired) electrons. The molecule has 0 bridgehead atoms. The lowest BCUT2D eigenvalue weighted by molar-refractivity contribution is 0.526. The van der Waals surface area contributed by atoms with E-state index < -0.39 is 5.82 Å². The molecule has 0 atom stereocenters. The van der Waals surface area contributed by atoms with Crippen LogP contribution in [0.15, 0.2) is 18.2 Å². The van der Waals surface area contributed by atoms with Crippen molar-refractivity contribution in [2.45, 2.75) is 25.8 Å². The molecule has 19 heavy (non-hydrogen) atoms. The monoisotopic (exact) mass is 283 g/mol. The zero-order chi connectivity index (χ0) is 13.7. The number of nitrogens with zero attached hydrogens (tertiary/aromatic N) is 4. The molecule has 2 rings (SSSR count). The summed E-state index contributed by atoms with van der Waals surface area (Å²) in [6.45, 7) is 1.32. The molecule has 1 aromatic carbocycles. The second kappa shape index (κ2) is 6.58. The number of hydrogen-bond acceptors (Lipinski definition) is 4. The third-order valence-electron chi connectivity index (χ3n) is 2.81. The minimum absolute atomic E-state index is 0.111. The Hall–Kier alpha value is -1.53. The SMILES string of the molecule is NCCCCn1nnnc1Cc1cccc(Cl)c1F. The third kappa shape index (κ3) is 3.48. The van der Waals surface area contributed by atoms with Gasteiger partial charge in [-0.15, -0.1) is 5.10 Å². The van der Waals surface area contributed by atoms with E-state index in [1.54, 1.807) is 16.8 Å². The number of unbranched alkanes of at least 4 members (excludes halogenated alkanes) is 1. The van der Waals surface area contributed by atoms with E-state index in [4.69, 9.17) is 17.3 Å². The van der Waals surface area contributed by atoms with Crippen LogP contribution in [0.2, 0.25) is 5.02 Å². The van der Waals surface area contributed by atoms with Crippen molar-refractivity contribution in [2.24, 2.45) is 5.73 Å². The molecule has 7 heteroatoms. The topological polar surface area (TPSA) is 69.6 Å². The lowest BCUT2D eigenvalue weighted by Gasteiger charge is -2.06. The van der Waals surface area contributed by atoms with Gasteiger partial charge >= 0.3 is 0 Å². The normalized spacial score (nSPS) is 10.9. The molecule has 1 heterocycles. The fourth-order valence-electron chi connectivity index (χ4n) is 1.78. The first kappa shape index (κ1) is 13.9. The van der Waals surface area contributed by atoms with Crippen LogP contribution in [-0.4, -0.2) is 26.8 Å². The Morgan fingerprint density at radius 3 is 2.95 bits per heavy atom. The number of halogens is 2. The maximum Gasteiger partial charge on any atom is 0.155 e. The highest BCUT2D eigenvalue weighted by molar-refractivity contribution is 6.30. The number of nitrogens with two attached hydrogens (primary N) is 1. The van der Waals surface area contributed by atoms with Gasteiger partial charge in [0.2, 0.25) is 0 Å². The summed E-state index contributed by atoms with van der Waals surface area (Å²) in [4.78, 5) is 0. The Balaban J connectivity index is 2.11. The molecule has 102 valence electrons. The summed E-state index contributed by atoms with van der Waals surface area (Å²) >= 11 is 5.75. The van der Waals surface area contributed by atoms with Crippen LogP contribution >= 0.6 is 11.6 Å². The van der Waals surface area contributed by atoms with E-state index in [-0.39, 0.29) is 5.02 Å². The number of rotatable bonds is 6. The second-order valence-corrected chi connectivity index (χ2v) is 4.61. The van der Waals surface area contributed by atoms with Crippen molar-refractivity contribution in [1.29, 1.82) is 0 Å². The summed E-state index contributed by atoms with van der Waals surface area (Å²) in [5, 5.41) is 11.6. The Kier molecular flexibility index (Phi) is 4.81. The number of hydrogen-bond donors (Lipinski definition) is 1. The number of aryl methyl sites for hydroxylation is 1. The van der Waals surface area contributed by atoms with E-state index in [9.17, 15) is 4.39 Å². The van der Waals surface area contributed by atoms with Crippen LogP contribution < -0.4 is 5.73 Å². The highest BCUT2D eigenvalue weighted by Gasteiger charge is 2.11. The molecule has 0 aliphatic carbocycles. The predicted octanol–water partition coefficient (Wildman–Crippen LogP) is 1.80. The van der Waals surface area contributed by atoms with Gasteiger partial charge in [-0.25, -0.2) is 9.07 Å². The minimum atomic E-state index is -0.416. The molecule has 0 unspecified atom stereocenters.